The van der Waals surface area contributed by atoms with Crippen LogP contribution >= 0.6 is 11.6 Å². The fourth-order valence-electron chi connectivity index (χ4n) is 2.92. The van der Waals surface area contributed by atoms with E-state index >= 15 is 0 Å². The molecular weight excluding hydrogens is 312 g/mol. The number of benzene rings is 2. The quantitative estimate of drug-likeness (QED) is 0.923. The van der Waals surface area contributed by atoms with Gasteiger partial charge in [0.05, 0.1) is 20.3 Å². The van der Waals surface area contributed by atoms with Crippen LogP contribution in [0.4, 0.5) is 0 Å². The smallest absolute Gasteiger partial charge is 0.137 e. The van der Waals surface area contributed by atoms with Crippen LogP contribution in [0, 0.1) is 0 Å². The zero-order valence-corrected chi connectivity index (χ0v) is 13.9. The molecule has 4 heteroatoms. The topological polar surface area (TPSA) is 38.7 Å². The first-order valence-electron chi connectivity index (χ1n) is 7.45. The van der Waals surface area contributed by atoms with Gasteiger partial charge in [-0.3, -0.25) is 0 Å². The molecular formula is C19H19ClO3. The Kier molecular flexibility index (Phi) is 4.44. The summed E-state index contributed by atoms with van der Waals surface area (Å²) >= 11 is 5.95. The highest BCUT2D eigenvalue weighted by atomic mass is 35.5. The van der Waals surface area contributed by atoms with Crippen LogP contribution in [0.1, 0.15) is 18.1 Å². The third-order valence-corrected chi connectivity index (χ3v) is 4.61. The lowest BCUT2D eigenvalue weighted by molar-refractivity contribution is 0.0401. The third-order valence-electron chi connectivity index (χ3n) is 4.35. The molecule has 1 aliphatic heterocycles. The Morgan fingerprint density at radius 3 is 2.39 bits per heavy atom. The zero-order chi connectivity index (χ0) is 16.4. The molecule has 3 rings (SSSR count). The molecule has 23 heavy (non-hydrogen) atoms. The number of methoxy groups -OCH3 is 1. The van der Waals surface area contributed by atoms with Gasteiger partial charge in [0.25, 0.3) is 0 Å². The van der Waals surface area contributed by atoms with Crippen LogP contribution in [-0.4, -0.2) is 25.4 Å². The van der Waals surface area contributed by atoms with E-state index in [0.717, 1.165) is 28.0 Å². The highest BCUT2D eigenvalue weighted by Gasteiger charge is 2.40. The van der Waals surface area contributed by atoms with E-state index in [4.69, 9.17) is 21.1 Å². The number of rotatable bonds is 3. The highest BCUT2D eigenvalue weighted by Crippen LogP contribution is 2.39. The maximum atomic E-state index is 11.2. The standard InChI is InChI=1S/C19H19ClO3/c1-13(14-3-9-17(22-2)10-4-14)18-11-23-12-19(18,21)15-5-7-16(20)8-6-15/h3-10,21H,11-12H2,1-2H3/b18-13+/t19-/m0/s1. The molecule has 1 heterocycles. The molecule has 1 atom stereocenters. The summed E-state index contributed by atoms with van der Waals surface area (Å²) in [4.78, 5) is 0. The van der Waals surface area contributed by atoms with Crippen molar-refractivity contribution in [3.63, 3.8) is 0 Å². The Hall–Kier alpha value is -1.81. The molecule has 0 unspecified atom stereocenters. The summed E-state index contributed by atoms with van der Waals surface area (Å²) in [6.45, 7) is 2.67. The number of hydrogen-bond donors (Lipinski definition) is 1. The summed E-state index contributed by atoms with van der Waals surface area (Å²) in [5, 5.41) is 11.8. The Balaban J connectivity index is 2.03. The molecule has 3 nitrogen and oxygen atoms in total. The summed E-state index contributed by atoms with van der Waals surface area (Å²) in [5.41, 5.74) is 2.61. The molecule has 0 radical (unpaired) electrons. The predicted molar refractivity (Wildman–Crippen MR) is 91.8 cm³/mol. The Morgan fingerprint density at radius 1 is 1.13 bits per heavy atom. The van der Waals surface area contributed by atoms with Crippen LogP contribution in [0.25, 0.3) is 5.57 Å². The van der Waals surface area contributed by atoms with Crippen molar-refractivity contribution in [3.05, 3.63) is 70.3 Å². The van der Waals surface area contributed by atoms with Crippen molar-refractivity contribution >= 4 is 17.2 Å². The van der Waals surface area contributed by atoms with E-state index in [2.05, 4.69) is 0 Å². The molecule has 1 aliphatic rings. The van der Waals surface area contributed by atoms with Crippen LogP contribution in [0.3, 0.4) is 0 Å². The van der Waals surface area contributed by atoms with Gasteiger partial charge in [-0.15, -0.1) is 0 Å². The Morgan fingerprint density at radius 2 is 1.78 bits per heavy atom. The zero-order valence-electron chi connectivity index (χ0n) is 13.2. The largest absolute Gasteiger partial charge is 0.497 e. The lowest BCUT2D eigenvalue weighted by Crippen LogP contribution is -2.28. The van der Waals surface area contributed by atoms with E-state index in [1.165, 1.54) is 0 Å². The highest BCUT2D eigenvalue weighted by molar-refractivity contribution is 6.30. The second kappa shape index (κ2) is 6.36. The molecule has 0 bridgehead atoms. The van der Waals surface area contributed by atoms with E-state index in [1.807, 2.05) is 43.3 Å². The fraction of sp³-hybridized carbons (Fsp3) is 0.263. The molecule has 0 aliphatic carbocycles. The van der Waals surface area contributed by atoms with Gasteiger partial charge < -0.3 is 14.6 Å². The second-order valence-corrected chi connectivity index (χ2v) is 6.13. The van der Waals surface area contributed by atoms with Crippen molar-refractivity contribution in [2.75, 3.05) is 20.3 Å². The summed E-state index contributed by atoms with van der Waals surface area (Å²) in [7, 11) is 1.64. The van der Waals surface area contributed by atoms with Gasteiger partial charge in [-0.25, -0.2) is 0 Å². The van der Waals surface area contributed by atoms with Gasteiger partial charge in [0.15, 0.2) is 0 Å². The maximum absolute atomic E-state index is 11.2. The van der Waals surface area contributed by atoms with Crippen molar-refractivity contribution in [2.24, 2.45) is 0 Å². The third kappa shape index (κ3) is 3.00. The fourth-order valence-corrected chi connectivity index (χ4v) is 3.05. The minimum Gasteiger partial charge on any atom is -0.497 e. The number of hydrogen-bond acceptors (Lipinski definition) is 3. The van der Waals surface area contributed by atoms with Gasteiger partial charge in [0.2, 0.25) is 0 Å². The molecule has 2 aromatic carbocycles. The summed E-state index contributed by atoms with van der Waals surface area (Å²) in [5.74, 6) is 0.808. The second-order valence-electron chi connectivity index (χ2n) is 5.69. The van der Waals surface area contributed by atoms with Crippen molar-refractivity contribution < 1.29 is 14.6 Å². The minimum atomic E-state index is -1.12. The molecule has 1 fully saturated rings. The van der Waals surface area contributed by atoms with Gasteiger partial charge in [0, 0.05) is 5.02 Å². The van der Waals surface area contributed by atoms with Gasteiger partial charge >= 0.3 is 0 Å². The van der Waals surface area contributed by atoms with E-state index < -0.39 is 5.60 Å². The van der Waals surface area contributed by atoms with Crippen molar-refractivity contribution in [3.8, 4) is 5.75 Å². The Labute approximate surface area is 141 Å². The molecule has 120 valence electrons. The maximum Gasteiger partial charge on any atom is 0.137 e. The van der Waals surface area contributed by atoms with Crippen LogP contribution in [-0.2, 0) is 10.3 Å². The number of aliphatic hydroxyl groups is 1. The van der Waals surface area contributed by atoms with Crippen molar-refractivity contribution in [1.29, 1.82) is 0 Å². The number of allylic oxidation sites excluding steroid dienone is 1. The Bertz CT molecular complexity index is 719. The molecule has 0 aromatic heterocycles. The molecule has 1 N–H and O–H groups in total. The first-order chi connectivity index (χ1) is 11.0. The molecule has 0 amide bonds. The summed E-state index contributed by atoms with van der Waals surface area (Å²) < 4.78 is 10.8. The molecule has 0 spiro atoms. The van der Waals surface area contributed by atoms with Crippen LogP contribution in [0.2, 0.25) is 5.02 Å². The predicted octanol–water partition coefficient (Wildman–Crippen LogP) is 4.04. The van der Waals surface area contributed by atoms with E-state index in [0.29, 0.717) is 11.6 Å². The summed E-state index contributed by atoms with van der Waals surface area (Å²) in [6.07, 6.45) is 0. The summed E-state index contributed by atoms with van der Waals surface area (Å²) in [6, 6.07) is 15.1. The normalized spacial score (nSPS) is 23.0. The monoisotopic (exact) mass is 330 g/mol. The average molecular weight is 331 g/mol. The van der Waals surface area contributed by atoms with E-state index in [-0.39, 0.29) is 6.61 Å². The van der Waals surface area contributed by atoms with Crippen molar-refractivity contribution in [2.45, 2.75) is 12.5 Å². The van der Waals surface area contributed by atoms with Crippen LogP contribution in [0.15, 0.2) is 54.1 Å². The van der Waals surface area contributed by atoms with Crippen LogP contribution < -0.4 is 4.74 Å². The average Bonchev–Trinajstić information content (AvgIpc) is 2.97. The molecule has 1 saturated heterocycles. The van der Waals surface area contributed by atoms with Gasteiger partial charge in [0.1, 0.15) is 11.4 Å². The number of ether oxygens (including phenoxy) is 2. The van der Waals surface area contributed by atoms with Crippen LogP contribution in [0.5, 0.6) is 5.75 Å². The lowest BCUT2D eigenvalue weighted by atomic mass is 9.84. The number of halogens is 1. The van der Waals surface area contributed by atoms with E-state index in [1.54, 1.807) is 19.2 Å². The minimum absolute atomic E-state index is 0.247. The van der Waals surface area contributed by atoms with Crippen molar-refractivity contribution in [1.82, 2.24) is 0 Å². The first kappa shape index (κ1) is 16.1. The first-order valence-corrected chi connectivity index (χ1v) is 7.83. The SMILES string of the molecule is COc1ccc(/C(C)=C2\COC[C@]2(O)c2ccc(Cl)cc2)cc1. The van der Waals surface area contributed by atoms with Gasteiger partial charge in [-0.1, -0.05) is 35.9 Å². The van der Waals surface area contributed by atoms with Gasteiger partial charge in [-0.2, -0.15) is 0 Å². The molecule has 2 aromatic rings. The van der Waals surface area contributed by atoms with Gasteiger partial charge in [-0.05, 0) is 53.5 Å². The van der Waals surface area contributed by atoms with E-state index in [9.17, 15) is 5.11 Å². The lowest BCUT2D eigenvalue weighted by Gasteiger charge is -2.25. The molecule has 0 saturated carbocycles.